The molecule has 0 atom stereocenters. The molecule has 0 saturated carbocycles. The second kappa shape index (κ2) is 5.56. The number of hydrogen-bond donors (Lipinski definition) is 1. The number of rotatable bonds is 5. The lowest BCUT2D eigenvalue weighted by Gasteiger charge is -2.07. The zero-order valence-corrected chi connectivity index (χ0v) is 12.0. The lowest BCUT2D eigenvalue weighted by Crippen LogP contribution is -2.21. The van der Waals surface area contributed by atoms with Gasteiger partial charge in [-0.3, -0.25) is 14.6 Å². The fourth-order valence-corrected chi connectivity index (χ4v) is 2.10. The molecule has 1 N–H and O–H groups in total. The van der Waals surface area contributed by atoms with Gasteiger partial charge in [-0.25, -0.2) is 0 Å². The summed E-state index contributed by atoms with van der Waals surface area (Å²) in [7, 11) is 0. The van der Waals surface area contributed by atoms with Gasteiger partial charge in [0.05, 0.1) is 0 Å². The zero-order chi connectivity index (χ0) is 13.2. The second-order valence-corrected chi connectivity index (χ2v) is 6.03. The van der Waals surface area contributed by atoms with Crippen LogP contribution in [-0.4, -0.2) is 9.78 Å². The molecule has 0 aromatic carbocycles. The highest BCUT2D eigenvalue weighted by atomic mass is 16.1. The van der Waals surface area contributed by atoms with Crippen LogP contribution in [0.1, 0.15) is 58.8 Å². The Morgan fingerprint density at radius 2 is 1.53 bits per heavy atom. The van der Waals surface area contributed by atoms with Crippen molar-refractivity contribution in [1.82, 2.24) is 9.78 Å². The van der Waals surface area contributed by atoms with Crippen LogP contribution in [0.5, 0.6) is 0 Å². The first-order valence-electron chi connectivity index (χ1n) is 6.65. The van der Waals surface area contributed by atoms with E-state index in [1.165, 1.54) is 0 Å². The first kappa shape index (κ1) is 14.1. The van der Waals surface area contributed by atoms with Crippen molar-refractivity contribution in [3.8, 4) is 0 Å². The Labute approximate surface area is 104 Å². The van der Waals surface area contributed by atoms with Gasteiger partial charge < -0.3 is 0 Å². The molecule has 0 radical (unpaired) electrons. The summed E-state index contributed by atoms with van der Waals surface area (Å²) >= 11 is 0. The molecule has 1 rings (SSSR count). The van der Waals surface area contributed by atoms with E-state index in [0.29, 0.717) is 11.8 Å². The van der Waals surface area contributed by atoms with E-state index in [0.717, 1.165) is 24.1 Å². The molecule has 0 saturated heterocycles. The second-order valence-electron chi connectivity index (χ2n) is 6.03. The molecule has 98 valence electrons. The van der Waals surface area contributed by atoms with Crippen molar-refractivity contribution in [2.24, 2.45) is 11.8 Å². The van der Waals surface area contributed by atoms with Gasteiger partial charge in [0.25, 0.3) is 5.56 Å². The Kier molecular flexibility index (Phi) is 4.61. The van der Waals surface area contributed by atoms with Gasteiger partial charge in [0, 0.05) is 17.3 Å². The topological polar surface area (TPSA) is 37.8 Å². The SMILES string of the molecule is CC(C)Cc1[nH]n(C(C)C)c(=O)c1CC(C)C. The molecule has 3 nitrogen and oxygen atoms in total. The molecule has 1 aromatic rings. The van der Waals surface area contributed by atoms with Gasteiger partial charge in [0.2, 0.25) is 0 Å². The molecule has 0 bridgehead atoms. The fraction of sp³-hybridized carbons (Fsp3) is 0.786. The monoisotopic (exact) mass is 238 g/mol. The first-order valence-corrected chi connectivity index (χ1v) is 6.65. The van der Waals surface area contributed by atoms with Crippen molar-refractivity contribution >= 4 is 0 Å². The standard InChI is InChI=1S/C14H26N2O/c1-9(2)7-12-13(8-10(3)4)15-16(11(5)6)14(12)17/h9-11,15H,7-8H2,1-6H3. The first-order chi connectivity index (χ1) is 7.82. The van der Waals surface area contributed by atoms with E-state index in [1.807, 2.05) is 13.8 Å². The summed E-state index contributed by atoms with van der Waals surface area (Å²) < 4.78 is 1.76. The van der Waals surface area contributed by atoms with Gasteiger partial charge in [-0.2, -0.15) is 0 Å². The number of aromatic nitrogens is 2. The molecule has 0 unspecified atom stereocenters. The summed E-state index contributed by atoms with van der Waals surface area (Å²) in [6.07, 6.45) is 1.83. The largest absolute Gasteiger partial charge is 0.299 e. The van der Waals surface area contributed by atoms with Crippen LogP contribution < -0.4 is 5.56 Å². The number of nitrogens with zero attached hydrogens (tertiary/aromatic N) is 1. The molecule has 1 heterocycles. The van der Waals surface area contributed by atoms with E-state index >= 15 is 0 Å². The molecule has 0 amide bonds. The minimum atomic E-state index is 0.171. The van der Waals surface area contributed by atoms with Gasteiger partial charge in [0.15, 0.2) is 0 Å². The maximum absolute atomic E-state index is 12.3. The van der Waals surface area contributed by atoms with Gasteiger partial charge in [0.1, 0.15) is 0 Å². The lowest BCUT2D eigenvalue weighted by atomic mass is 9.99. The highest BCUT2D eigenvalue weighted by Gasteiger charge is 2.17. The van der Waals surface area contributed by atoms with Crippen molar-refractivity contribution in [2.75, 3.05) is 0 Å². The molecule has 17 heavy (non-hydrogen) atoms. The highest BCUT2D eigenvalue weighted by molar-refractivity contribution is 5.19. The molecule has 0 aliphatic rings. The van der Waals surface area contributed by atoms with Crippen LogP contribution in [0.3, 0.4) is 0 Å². The van der Waals surface area contributed by atoms with E-state index in [2.05, 4.69) is 32.8 Å². The molecule has 0 fully saturated rings. The molecule has 3 heteroatoms. The van der Waals surface area contributed by atoms with E-state index in [9.17, 15) is 4.79 Å². The molecular formula is C14H26N2O. The van der Waals surface area contributed by atoms with Crippen molar-refractivity contribution < 1.29 is 0 Å². The average molecular weight is 238 g/mol. The van der Waals surface area contributed by atoms with Crippen molar-refractivity contribution in [3.05, 3.63) is 21.6 Å². The number of H-pyrrole nitrogens is 1. The van der Waals surface area contributed by atoms with Crippen molar-refractivity contribution in [3.63, 3.8) is 0 Å². The third-order valence-electron chi connectivity index (χ3n) is 2.84. The summed E-state index contributed by atoms with van der Waals surface area (Å²) in [5, 5.41) is 3.29. The summed E-state index contributed by atoms with van der Waals surface area (Å²) in [6, 6.07) is 0.203. The number of hydrogen-bond acceptors (Lipinski definition) is 1. The lowest BCUT2D eigenvalue weighted by molar-refractivity contribution is 0.505. The van der Waals surface area contributed by atoms with Crippen LogP contribution >= 0.6 is 0 Å². The van der Waals surface area contributed by atoms with E-state index in [4.69, 9.17) is 0 Å². The zero-order valence-electron chi connectivity index (χ0n) is 12.0. The predicted molar refractivity (Wildman–Crippen MR) is 72.5 cm³/mol. The summed E-state index contributed by atoms with van der Waals surface area (Å²) in [4.78, 5) is 12.3. The van der Waals surface area contributed by atoms with Gasteiger partial charge in [-0.05, 0) is 38.5 Å². The van der Waals surface area contributed by atoms with Crippen LogP contribution in [0.4, 0.5) is 0 Å². The van der Waals surface area contributed by atoms with E-state index in [-0.39, 0.29) is 11.6 Å². The van der Waals surface area contributed by atoms with Crippen LogP contribution in [0.2, 0.25) is 0 Å². The Morgan fingerprint density at radius 1 is 1.00 bits per heavy atom. The third-order valence-corrected chi connectivity index (χ3v) is 2.84. The van der Waals surface area contributed by atoms with Crippen LogP contribution in [0.25, 0.3) is 0 Å². The number of nitrogens with one attached hydrogen (secondary N) is 1. The Hall–Kier alpha value is -0.990. The Bertz CT molecular complexity index is 410. The highest BCUT2D eigenvalue weighted by Crippen LogP contribution is 2.14. The maximum atomic E-state index is 12.3. The van der Waals surface area contributed by atoms with Crippen LogP contribution in [0, 0.1) is 11.8 Å². The Balaban J connectivity index is 3.17. The van der Waals surface area contributed by atoms with E-state index < -0.39 is 0 Å². The summed E-state index contributed by atoms with van der Waals surface area (Å²) in [5.41, 5.74) is 2.29. The quantitative estimate of drug-likeness (QED) is 0.840. The minimum Gasteiger partial charge on any atom is -0.299 e. The number of aromatic amines is 1. The Morgan fingerprint density at radius 3 is 1.94 bits per heavy atom. The van der Waals surface area contributed by atoms with Crippen LogP contribution in [-0.2, 0) is 12.8 Å². The van der Waals surface area contributed by atoms with Gasteiger partial charge in [-0.1, -0.05) is 27.7 Å². The minimum absolute atomic E-state index is 0.171. The smallest absolute Gasteiger partial charge is 0.270 e. The average Bonchev–Trinajstić information content (AvgIpc) is 2.44. The van der Waals surface area contributed by atoms with Crippen molar-refractivity contribution in [2.45, 2.75) is 60.4 Å². The molecule has 1 aromatic heterocycles. The maximum Gasteiger partial charge on any atom is 0.270 e. The van der Waals surface area contributed by atoms with E-state index in [1.54, 1.807) is 4.68 Å². The third kappa shape index (κ3) is 3.48. The van der Waals surface area contributed by atoms with Crippen molar-refractivity contribution in [1.29, 1.82) is 0 Å². The molecule has 0 aliphatic carbocycles. The predicted octanol–water partition coefficient (Wildman–Crippen LogP) is 3.15. The summed E-state index contributed by atoms with van der Waals surface area (Å²) in [6.45, 7) is 12.8. The molecule has 0 spiro atoms. The summed E-state index contributed by atoms with van der Waals surface area (Å²) in [5.74, 6) is 1.09. The fourth-order valence-electron chi connectivity index (χ4n) is 2.10. The van der Waals surface area contributed by atoms with Crippen LogP contribution in [0.15, 0.2) is 4.79 Å². The molecule has 0 aliphatic heterocycles. The molecular weight excluding hydrogens is 212 g/mol. The van der Waals surface area contributed by atoms with Gasteiger partial charge >= 0.3 is 0 Å². The van der Waals surface area contributed by atoms with Gasteiger partial charge in [-0.15, -0.1) is 0 Å². The normalized spacial score (nSPS) is 12.1.